The van der Waals surface area contributed by atoms with Crippen LogP contribution in [0.25, 0.3) is 0 Å². The predicted molar refractivity (Wildman–Crippen MR) is 48.6 cm³/mol. The van der Waals surface area contributed by atoms with Gasteiger partial charge in [-0.05, 0) is 24.8 Å². The van der Waals surface area contributed by atoms with Crippen molar-refractivity contribution in [2.75, 3.05) is 20.1 Å². The molecule has 1 aliphatic heterocycles. The fourth-order valence-corrected chi connectivity index (χ4v) is 1.63. The Balaban J connectivity index is 2.66. The second kappa shape index (κ2) is 3.44. The lowest BCUT2D eigenvalue weighted by atomic mass is 9.83. The van der Waals surface area contributed by atoms with Crippen molar-refractivity contribution in [3.63, 3.8) is 0 Å². The second-order valence-corrected chi connectivity index (χ2v) is 4.11. The van der Waals surface area contributed by atoms with Gasteiger partial charge in [0.1, 0.15) is 0 Å². The van der Waals surface area contributed by atoms with Crippen molar-refractivity contribution < 1.29 is 4.79 Å². The van der Waals surface area contributed by atoms with Crippen LogP contribution < -0.4 is 5.73 Å². The van der Waals surface area contributed by atoms with E-state index in [0.29, 0.717) is 13.0 Å². The summed E-state index contributed by atoms with van der Waals surface area (Å²) in [5.41, 5.74) is 5.69. The zero-order chi connectivity index (χ0) is 9.19. The lowest BCUT2D eigenvalue weighted by molar-refractivity contribution is -0.130. The van der Waals surface area contributed by atoms with Crippen molar-refractivity contribution in [1.29, 1.82) is 0 Å². The summed E-state index contributed by atoms with van der Waals surface area (Å²) < 4.78 is 0. The number of rotatable bonds is 1. The molecule has 1 saturated heterocycles. The van der Waals surface area contributed by atoms with Crippen molar-refractivity contribution in [1.82, 2.24) is 4.90 Å². The molecule has 1 heterocycles. The van der Waals surface area contributed by atoms with Gasteiger partial charge < -0.3 is 10.6 Å². The number of carbonyl (C=O) groups excluding carboxylic acids is 1. The van der Waals surface area contributed by atoms with Gasteiger partial charge in [0, 0.05) is 20.0 Å². The molecule has 0 aliphatic carbocycles. The molecule has 2 N–H and O–H groups in total. The highest BCUT2D eigenvalue weighted by Crippen LogP contribution is 2.29. The van der Waals surface area contributed by atoms with Gasteiger partial charge in [-0.25, -0.2) is 0 Å². The van der Waals surface area contributed by atoms with Gasteiger partial charge in [0.25, 0.3) is 0 Å². The van der Waals surface area contributed by atoms with Gasteiger partial charge in [-0.3, -0.25) is 4.79 Å². The molecule has 70 valence electrons. The summed E-state index contributed by atoms with van der Waals surface area (Å²) in [6.07, 6.45) is 2.76. The van der Waals surface area contributed by atoms with Crippen LogP contribution in [0.4, 0.5) is 0 Å². The topological polar surface area (TPSA) is 46.3 Å². The summed E-state index contributed by atoms with van der Waals surface area (Å²) in [7, 11) is 1.87. The quantitative estimate of drug-likeness (QED) is 0.626. The molecule has 1 fully saturated rings. The fourth-order valence-electron chi connectivity index (χ4n) is 1.63. The maximum Gasteiger partial charge on any atom is 0.222 e. The summed E-state index contributed by atoms with van der Waals surface area (Å²) in [4.78, 5) is 13.3. The van der Waals surface area contributed by atoms with Gasteiger partial charge in [-0.1, -0.05) is 6.92 Å². The fraction of sp³-hybridized carbons (Fsp3) is 0.889. The first-order chi connectivity index (χ1) is 5.57. The van der Waals surface area contributed by atoms with E-state index < -0.39 is 0 Å². The molecule has 0 aromatic rings. The molecule has 1 rings (SSSR count). The molecule has 3 heteroatoms. The Kier molecular flexibility index (Phi) is 2.73. The highest BCUT2D eigenvalue weighted by Gasteiger charge is 2.29. The first kappa shape index (κ1) is 9.52. The van der Waals surface area contributed by atoms with Gasteiger partial charge in [-0.15, -0.1) is 0 Å². The maximum absolute atomic E-state index is 11.5. The van der Waals surface area contributed by atoms with Crippen LogP contribution in [-0.4, -0.2) is 30.9 Å². The molecule has 0 spiro atoms. The Labute approximate surface area is 73.9 Å². The van der Waals surface area contributed by atoms with E-state index in [0.717, 1.165) is 19.4 Å². The average molecular weight is 170 g/mol. The summed E-state index contributed by atoms with van der Waals surface area (Å²) in [5, 5.41) is 0. The van der Waals surface area contributed by atoms with E-state index in [-0.39, 0.29) is 11.3 Å². The normalized spacial score (nSPS) is 31.9. The standard InChI is InChI=1S/C9H18N2O/c1-9(7-10)4-3-5-11(2)8(12)6-9/h3-7,10H2,1-2H3. The first-order valence-corrected chi connectivity index (χ1v) is 4.51. The third-order valence-corrected chi connectivity index (χ3v) is 2.77. The Bertz CT molecular complexity index is 181. The van der Waals surface area contributed by atoms with Gasteiger partial charge in [0.15, 0.2) is 0 Å². The number of likely N-dealkylation sites (tertiary alicyclic amines) is 1. The SMILES string of the molecule is CN1CCCC(C)(CN)CC1=O. The van der Waals surface area contributed by atoms with Crippen LogP contribution in [0.3, 0.4) is 0 Å². The molecule has 1 aliphatic rings. The molecule has 0 radical (unpaired) electrons. The van der Waals surface area contributed by atoms with Crippen molar-refractivity contribution in [2.45, 2.75) is 26.2 Å². The molecule has 0 saturated carbocycles. The number of nitrogens with zero attached hydrogens (tertiary/aromatic N) is 1. The van der Waals surface area contributed by atoms with E-state index in [1.54, 1.807) is 4.90 Å². The van der Waals surface area contributed by atoms with E-state index >= 15 is 0 Å². The zero-order valence-corrected chi connectivity index (χ0v) is 7.97. The van der Waals surface area contributed by atoms with Gasteiger partial charge >= 0.3 is 0 Å². The molecule has 0 bridgehead atoms. The van der Waals surface area contributed by atoms with Crippen molar-refractivity contribution in [2.24, 2.45) is 11.1 Å². The van der Waals surface area contributed by atoms with Crippen molar-refractivity contribution in [3.8, 4) is 0 Å². The van der Waals surface area contributed by atoms with Crippen LogP contribution in [-0.2, 0) is 4.79 Å². The van der Waals surface area contributed by atoms with E-state index in [1.807, 2.05) is 7.05 Å². The average Bonchev–Trinajstić information content (AvgIpc) is 2.14. The van der Waals surface area contributed by atoms with Gasteiger partial charge in [0.2, 0.25) is 5.91 Å². The summed E-state index contributed by atoms with van der Waals surface area (Å²) in [6, 6.07) is 0. The lowest BCUT2D eigenvalue weighted by Gasteiger charge is -2.24. The Morgan fingerprint density at radius 3 is 2.92 bits per heavy atom. The predicted octanol–water partition coefficient (Wildman–Crippen LogP) is 0.594. The smallest absolute Gasteiger partial charge is 0.222 e. The molecule has 0 aromatic heterocycles. The van der Waals surface area contributed by atoms with Crippen LogP contribution >= 0.6 is 0 Å². The highest BCUT2D eigenvalue weighted by molar-refractivity contribution is 5.76. The van der Waals surface area contributed by atoms with Crippen LogP contribution in [0.15, 0.2) is 0 Å². The minimum Gasteiger partial charge on any atom is -0.346 e. The largest absolute Gasteiger partial charge is 0.346 e. The molecular formula is C9H18N2O. The molecule has 3 nitrogen and oxygen atoms in total. The van der Waals surface area contributed by atoms with Crippen LogP contribution in [0.1, 0.15) is 26.2 Å². The molecule has 1 amide bonds. The van der Waals surface area contributed by atoms with Gasteiger partial charge in [-0.2, -0.15) is 0 Å². The molecular weight excluding hydrogens is 152 g/mol. The number of hydrogen-bond donors (Lipinski definition) is 1. The maximum atomic E-state index is 11.5. The number of amides is 1. The molecule has 1 atom stereocenters. The van der Waals surface area contributed by atoms with Crippen molar-refractivity contribution >= 4 is 5.91 Å². The second-order valence-electron chi connectivity index (χ2n) is 4.11. The van der Waals surface area contributed by atoms with Crippen LogP contribution in [0.2, 0.25) is 0 Å². The minimum absolute atomic E-state index is 0.0435. The molecule has 12 heavy (non-hydrogen) atoms. The van der Waals surface area contributed by atoms with Gasteiger partial charge in [0.05, 0.1) is 0 Å². The Morgan fingerprint density at radius 1 is 1.67 bits per heavy atom. The molecule has 1 unspecified atom stereocenters. The first-order valence-electron chi connectivity index (χ1n) is 4.51. The number of carbonyl (C=O) groups is 1. The van der Waals surface area contributed by atoms with Crippen LogP contribution in [0.5, 0.6) is 0 Å². The third-order valence-electron chi connectivity index (χ3n) is 2.77. The zero-order valence-electron chi connectivity index (χ0n) is 7.97. The third kappa shape index (κ3) is 1.97. The summed E-state index contributed by atoms with van der Waals surface area (Å²) in [6.45, 7) is 3.60. The molecule has 0 aromatic carbocycles. The highest BCUT2D eigenvalue weighted by atomic mass is 16.2. The van der Waals surface area contributed by atoms with E-state index in [2.05, 4.69) is 6.92 Å². The Hall–Kier alpha value is -0.570. The lowest BCUT2D eigenvalue weighted by Crippen LogP contribution is -2.32. The summed E-state index contributed by atoms with van der Waals surface area (Å²) in [5.74, 6) is 0.237. The van der Waals surface area contributed by atoms with E-state index in [9.17, 15) is 4.79 Å². The summed E-state index contributed by atoms with van der Waals surface area (Å²) >= 11 is 0. The van der Waals surface area contributed by atoms with Crippen LogP contribution in [0, 0.1) is 5.41 Å². The minimum atomic E-state index is 0.0435. The monoisotopic (exact) mass is 170 g/mol. The van der Waals surface area contributed by atoms with Crippen molar-refractivity contribution in [3.05, 3.63) is 0 Å². The number of hydrogen-bond acceptors (Lipinski definition) is 2. The van der Waals surface area contributed by atoms with E-state index in [4.69, 9.17) is 5.73 Å². The van der Waals surface area contributed by atoms with E-state index in [1.165, 1.54) is 0 Å². The number of nitrogens with two attached hydrogens (primary N) is 1. The Morgan fingerprint density at radius 2 is 2.33 bits per heavy atom.